The van der Waals surface area contributed by atoms with E-state index < -0.39 is 0 Å². The van der Waals surface area contributed by atoms with Crippen LogP contribution in [0.25, 0.3) is 0 Å². The minimum atomic E-state index is 0.802. The number of aromatic nitrogens is 4. The van der Waals surface area contributed by atoms with Gasteiger partial charge >= 0.3 is 0 Å². The van der Waals surface area contributed by atoms with Gasteiger partial charge in [-0.1, -0.05) is 15.9 Å². The third-order valence-electron chi connectivity index (χ3n) is 2.17. The molecule has 0 aromatic carbocycles. The van der Waals surface area contributed by atoms with Crippen molar-refractivity contribution in [1.29, 1.82) is 0 Å². The molecule has 13 heavy (non-hydrogen) atoms. The van der Waals surface area contributed by atoms with Gasteiger partial charge in [0.25, 0.3) is 0 Å². The van der Waals surface area contributed by atoms with Gasteiger partial charge in [0, 0.05) is 18.4 Å². The van der Waals surface area contributed by atoms with Crippen LogP contribution in [-0.4, -0.2) is 43.5 Å². The van der Waals surface area contributed by atoms with Gasteiger partial charge in [-0.25, -0.2) is 0 Å². The summed E-state index contributed by atoms with van der Waals surface area (Å²) >= 11 is 3.47. The molecule has 2 heterocycles. The number of aryl methyl sites for hydroxylation is 1. The molecule has 72 valence electrons. The van der Waals surface area contributed by atoms with Gasteiger partial charge in [0.05, 0.1) is 13.6 Å². The topological polar surface area (TPSA) is 46.8 Å². The van der Waals surface area contributed by atoms with Gasteiger partial charge in [0.1, 0.15) is 0 Å². The molecule has 1 aromatic heterocycles. The summed E-state index contributed by atoms with van der Waals surface area (Å²) in [4.78, 5) is 3.82. The molecule has 2 rings (SSSR count). The number of halogens is 1. The van der Waals surface area contributed by atoms with Gasteiger partial charge in [-0.15, -0.1) is 10.2 Å². The van der Waals surface area contributed by atoms with Crippen LogP contribution in [0, 0.1) is 5.92 Å². The van der Waals surface area contributed by atoms with Crippen LogP contribution >= 0.6 is 15.9 Å². The summed E-state index contributed by atoms with van der Waals surface area (Å²) in [5, 5.41) is 12.9. The first kappa shape index (κ1) is 9.08. The molecule has 1 saturated heterocycles. The average Bonchev–Trinajstić information content (AvgIpc) is 2.43. The fourth-order valence-electron chi connectivity index (χ4n) is 1.49. The highest BCUT2D eigenvalue weighted by molar-refractivity contribution is 9.09. The molecule has 0 N–H and O–H groups in total. The quantitative estimate of drug-likeness (QED) is 0.706. The molecule has 1 aliphatic heterocycles. The second-order valence-corrected chi connectivity index (χ2v) is 4.06. The first-order valence-corrected chi connectivity index (χ1v) is 5.41. The molecule has 0 aliphatic carbocycles. The standard InChI is InChI=1S/C7H12BrN5/c1-12-10-7(9-11-12)5-13-3-6(2-8)4-13/h6H,2-5H2,1H3. The lowest BCUT2D eigenvalue weighted by Gasteiger charge is -2.37. The number of hydrogen-bond donors (Lipinski definition) is 0. The van der Waals surface area contributed by atoms with Crippen molar-refractivity contribution in [3.8, 4) is 0 Å². The Bertz CT molecular complexity index is 280. The Hall–Kier alpha value is -0.490. The van der Waals surface area contributed by atoms with Crippen molar-refractivity contribution in [3.63, 3.8) is 0 Å². The van der Waals surface area contributed by atoms with Gasteiger partial charge in [-0.3, -0.25) is 4.90 Å². The van der Waals surface area contributed by atoms with Crippen LogP contribution in [0.4, 0.5) is 0 Å². The van der Waals surface area contributed by atoms with Gasteiger partial charge < -0.3 is 0 Å². The molecule has 0 spiro atoms. The summed E-state index contributed by atoms with van der Waals surface area (Å²) < 4.78 is 0. The van der Waals surface area contributed by atoms with Crippen LogP contribution in [0.15, 0.2) is 0 Å². The van der Waals surface area contributed by atoms with Crippen LogP contribution in [-0.2, 0) is 13.6 Å². The Kier molecular flexibility index (Phi) is 2.59. The predicted octanol–water partition coefficient (Wildman–Crippen LogP) is 0.0368. The summed E-state index contributed by atoms with van der Waals surface area (Å²) in [6, 6.07) is 0. The molecular formula is C7H12BrN5. The molecular weight excluding hydrogens is 234 g/mol. The largest absolute Gasteiger partial charge is 0.295 e. The molecule has 0 bridgehead atoms. The van der Waals surface area contributed by atoms with E-state index in [-0.39, 0.29) is 0 Å². The molecule has 0 amide bonds. The van der Waals surface area contributed by atoms with Crippen molar-refractivity contribution in [1.82, 2.24) is 25.1 Å². The second kappa shape index (κ2) is 3.71. The van der Waals surface area contributed by atoms with Crippen molar-refractivity contribution >= 4 is 15.9 Å². The van der Waals surface area contributed by atoms with Crippen molar-refractivity contribution in [3.05, 3.63) is 5.82 Å². The third kappa shape index (κ3) is 2.05. The van der Waals surface area contributed by atoms with E-state index in [1.165, 1.54) is 4.80 Å². The first-order valence-electron chi connectivity index (χ1n) is 4.29. The fourth-order valence-corrected chi connectivity index (χ4v) is 1.90. The van der Waals surface area contributed by atoms with E-state index in [4.69, 9.17) is 0 Å². The van der Waals surface area contributed by atoms with Gasteiger partial charge in [0.15, 0.2) is 5.82 Å². The highest BCUT2D eigenvalue weighted by Gasteiger charge is 2.26. The SMILES string of the molecule is Cn1nnc(CN2CC(CBr)C2)n1. The van der Waals surface area contributed by atoms with E-state index in [0.29, 0.717) is 0 Å². The molecule has 0 unspecified atom stereocenters. The molecule has 0 atom stereocenters. The van der Waals surface area contributed by atoms with Crippen LogP contribution in [0.5, 0.6) is 0 Å². The minimum Gasteiger partial charge on any atom is -0.295 e. The van der Waals surface area contributed by atoms with Crippen molar-refractivity contribution in [2.45, 2.75) is 6.54 Å². The van der Waals surface area contributed by atoms with Crippen molar-refractivity contribution in [2.24, 2.45) is 13.0 Å². The number of tetrazole rings is 1. The van der Waals surface area contributed by atoms with Crippen LogP contribution in [0.1, 0.15) is 5.82 Å². The molecule has 5 nitrogen and oxygen atoms in total. The predicted molar refractivity (Wildman–Crippen MR) is 51.4 cm³/mol. The highest BCUT2D eigenvalue weighted by Crippen LogP contribution is 2.18. The Morgan fingerprint density at radius 2 is 2.31 bits per heavy atom. The van der Waals surface area contributed by atoms with Crippen LogP contribution in [0.2, 0.25) is 0 Å². The zero-order valence-electron chi connectivity index (χ0n) is 7.52. The van der Waals surface area contributed by atoms with Gasteiger partial charge in [-0.05, 0) is 11.1 Å². The molecule has 6 heteroatoms. The summed E-state index contributed by atoms with van der Waals surface area (Å²) in [5.41, 5.74) is 0. The Morgan fingerprint density at radius 1 is 1.54 bits per heavy atom. The Labute approximate surface area is 85.2 Å². The van der Waals surface area contributed by atoms with Crippen LogP contribution in [0.3, 0.4) is 0 Å². The lowest BCUT2D eigenvalue weighted by Crippen LogP contribution is -2.46. The molecule has 0 saturated carbocycles. The minimum absolute atomic E-state index is 0.802. The average molecular weight is 246 g/mol. The van der Waals surface area contributed by atoms with Crippen molar-refractivity contribution < 1.29 is 0 Å². The van der Waals surface area contributed by atoms with E-state index in [1.807, 2.05) is 0 Å². The van der Waals surface area contributed by atoms with E-state index in [2.05, 4.69) is 36.2 Å². The van der Waals surface area contributed by atoms with E-state index in [0.717, 1.165) is 36.7 Å². The van der Waals surface area contributed by atoms with Gasteiger partial charge in [0.2, 0.25) is 0 Å². The monoisotopic (exact) mass is 245 g/mol. The number of rotatable bonds is 3. The number of likely N-dealkylation sites (tertiary alicyclic amines) is 1. The zero-order chi connectivity index (χ0) is 9.26. The number of nitrogens with zero attached hydrogens (tertiary/aromatic N) is 5. The summed E-state index contributed by atoms with van der Waals surface area (Å²) in [5.74, 6) is 1.62. The normalized spacial score (nSPS) is 18.9. The van der Waals surface area contributed by atoms with Gasteiger partial charge in [-0.2, -0.15) is 4.80 Å². The fraction of sp³-hybridized carbons (Fsp3) is 0.857. The Balaban J connectivity index is 1.81. The Morgan fingerprint density at radius 3 is 2.85 bits per heavy atom. The molecule has 0 radical (unpaired) electrons. The maximum Gasteiger partial charge on any atom is 0.188 e. The lowest BCUT2D eigenvalue weighted by atomic mass is 10.0. The lowest BCUT2D eigenvalue weighted by molar-refractivity contribution is 0.105. The number of hydrogen-bond acceptors (Lipinski definition) is 4. The maximum atomic E-state index is 4.12. The van der Waals surface area contributed by atoms with E-state index >= 15 is 0 Å². The molecule has 1 fully saturated rings. The van der Waals surface area contributed by atoms with E-state index in [1.54, 1.807) is 7.05 Å². The zero-order valence-corrected chi connectivity index (χ0v) is 9.11. The van der Waals surface area contributed by atoms with Crippen LogP contribution < -0.4 is 0 Å². The second-order valence-electron chi connectivity index (χ2n) is 3.41. The smallest absolute Gasteiger partial charge is 0.188 e. The summed E-state index contributed by atoms with van der Waals surface area (Å²) in [7, 11) is 1.79. The first-order chi connectivity index (χ1) is 6.28. The number of alkyl halides is 1. The van der Waals surface area contributed by atoms with E-state index in [9.17, 15) is 0 Å². The third-order valence-corrected chi connectivity index (χ3v) is 3.08. The summed E-state index contributed by atoms with van der Waals surface area (Å²) in [6.07, 6.45) is 0. The van der Waals surface area contributed by atoms with Crippen molar-refractivity contribution in [2.75, 3.05) is 18.4 Å². The maximum absolute atomic E-state index is 4.12. The summed E-state index contributed by atoms with van der Waals surface area (Å²) in [6.45, 7) is 3.12. The highest BCUT2D eigenvalue weighted by atomic mass is 79.9. The molecule has 1 aromatic rings. The molecule has 1 aliphatic rings.